The molecule has 0 aliphatic heterocycles. The number of hydrogen-bond donors (Lipinski definition) is 1. The summed E-state index contributed by atoms with van der Waals surface area (Å²) in [6, 6.07) is 5.10. The third kappa shape index (κ3) is 3.91. The van der Waals surface area contributed by atoms with E-state index < -0.39 is 4.92 Å². The van der Waals surface area contributed by atoms with E-state index in [2.05, 4.69) is 12.6 Å². The molecule has 0 N–H and O–H groups in total. The van der Waals surface area contributed by atoms with E-state index in [4.69, 9.17) is 4.74 Å². The maximum absolute atomic E-state index is 11.0. The molecule has 0 aliphatic carbocycles. The average Bonchev–Trinajstić information content (AvgIpc) is 2.36. The Hall–Kier alpha value is -1.23. The van der Waals surface area contributed by atoms with Gasteiger partial charge in [-0.05, 0) is 23.8 Å². The molecule has 0 amide bonds. The fraction of sp³-hybridized carbons (Fsp3) is 0.538. The van der Waals surface area contributed by atoms with Crippen LogP contribution in [0.5, 0.6) is 5.75 Å². The molecular weight excluding hydrogens is 250 g/mol. The number of aryl methyl sites for hydroxylation is 1. The molecule has 1 rings (SSSR count). The molecule has 0 saturated carbocycles. The molecule has 1 aromatic carbocycles. The van der Waals surface area contributed by atoms with E-state index in [1.807, 2.05) is 26.8 Å². The van der Waals surface area contributed by atoms with Gasteiger partial charge in [0.1, 0.15) is 0 Å². The molecule has 0 fully saturated rings. The Morgan fingerprint density at radius 1 is 1.44 bits per heavy atom. The topological polar surface area (TPSA) is 52.4 Å². The Morgan fingerprint density at radius 3 is 2.61 bits per heavy atom. The minimum absolute atomic E-state index is 0.0318. The quantitative estimate of drug-likeness (QED) is 0.488. The molecule has 0 atom stereocenters. The summed E-state index contributed by atoms with van der Waals surface area (Å²) in [4.78, 5) is 10.6. The van der Waals surface area contributed by atoms with Crippen LogP contribution in [-0.2, 0) is 6.42 Å². The summed E-state index contributed by atoms with van der Waals surface area (Å²) >= 11 is 4.23. The van der Waals surface area contributed by atoms with Crippen LogP contribution in [0.1, 0.15) is 26.3 Å². The van der Waals surface area contributed by atoms with Crippen LogP contribution in [0.15, 0.2) is 18.2 Å². The van der Waals surface area contributed by atoms with E-state index in [1.165, 1.54) is 0 Å². The highest BCUT2D eigenvalue weighted by atomic mass is 32.1. The van der Waals surface area contributed by atoms with Gasteiger partial charge in [0.2, 0.25) is 0 Å². The molecule has 0 heterocycles. The largest absolute Gasteiger partial charge is 0.486 e. The summed E-state index contributed by atoms with van der Waals surface area (Å²) < 4.78 is 5.56. The van der Waals surface area contributed by atoms with Crippen molar-refractivity contribution in [3.05, 3.63) is 33.9 Å². The third-order valence-corrected chi connectivity index (χ3v) is 3.53. The molecule has 0 unspecified atom stereocenters. The van der Waals surface area contributed by atoms with Gasteiger partial charge in [-0.25, -0.2) is 0 Å². The lowest BCUT2D eigenvalue weighted by molar-refractivity contribution is -0.386. The number of nitrogens with zero attached hydrogens (tertiary/aromatic N) is 1. The molecule has 0 radical (unpaired) electrons. The minimum Gasteiger partial charge on any atom is -0.486 e. The van der Waals surface area contributed by atoms with Gasteiger partial charge in [0.15, 0.2) is 5.75 Å². The lowest BCUT2D eigenvalue weighted by Crippen LogP contribution is -2.23. The van der Waals surface area contributed by atoms with Crippen molar-refractivity contribution in [2.45, 2.75) is 27.2 Å². The second-order valence-corrected chi connectivity index (χ2v) is 5.34. The van der Waals surface area contributed by atoms with E-state index in [1.54, 1.807) is 12.1 Å². The number of ether oxygens (including phenoxy) is 1. The highest BCUT2D eigenvalue weighted by molar-refractivity contribution is 7.80. The number of rotatable bonds is 6. The van der Waals surface area contributed by atoms with Crippen molar-refractivity contribution in [3.8, 4) is 5.75 Å². The first-order chi connectivity index (χ1) is 8.39. The third-order valence-electron chi connectivity index (χ3n) is 2.67. The molecule has 0 spiro atoms. The van der Waals surface area contributed by atoms with Crippen molar-refractivity contribution in [3.63, 3.8) is 0 Å². The fourth-order valence-corrected chi connectivity index (χ4v) is 1.46. The van der Waals surface area contributed by atoms with E-state index >= 15 is 0 Å². The van der Waals surface area contributed by atoms with Gasteiger partial charge >= 0.3 is 5.69 Å². The first kappa shape index (κ1) is 14.8. The summed E-state index contributed by atoms with van der Waals surface area (Å²) in [5.74, 6) is 0.987. The predicted octanol–water partition coefficient (Wildman–Crippen LogP) is 3.49. The number of hydrogen-bond acceptors (Lipinski definition) is 4. The van der Waals surface area contributed by atoms with Crippen LogP contribution in [0.3, 0.4) is 0 Å². The van der Waals surface area contributed by atoms with Crippen molar-refractivity contribution < 1.29 is 9.66 Å². The molecule has 1 aromatic rings. The molecule has 0 aliphatic rings. The van der Waals surface area contributed by atoms with Crippen LogP contribution in [0.25, 0.3) is 0 Å². The van der Waals surface area contributed by atoms with Crippen LogP contribution < -0.4 is 4.74 Å². The standard InChI is InChI=1S/C13H19NO3S/c1-4-10-5-6-12(11(7-10)14(15)16)17-8-13(2,3)9-18/h5-7,18H,4,8-9H2,1-3H3. The number of nitro benzene ring substituents is 1. The Morgan fingerprint density at radius 2 is 2.11 bits per heavy atom. The molecular formula is C13H19NO3S. The van der Waals surface area contributed by atoms with Crippen LogP contribution >= 0.6 is 12.6 Å². The number of thiol groups is 1. The fourth-order valence-electron chi connectivity index (χ4n) is 1.37. The predicted molar refractivity (Wildman–Crippen MR) is 75.6 cm³/mol. The second-order valence-electron chi connectivity index (χ2n) is 5.02. The van der Waals surface area contributed by atoms with Gasteiger partial charge in [-0.15, -0.1) is 0 Å². The van der Waals surface area contributed by atoms with Crippen LogP contribution in [-0.4, -0.2) is 17.3 Å². The molecule has 0 aromatic heterocycles. The molecule has 18 heavy (non-hydrogen) atoms. The Balaban J connectivity index is 2.91. The van der Waals surface area contributed by atoms with Crippen molar-refractivity contribution in [1.82, 2.24) is 0 Å². The van der Waals surface area contributed by atoms with Crippen molar-refractivity contribution >= 4 is 18.3 Å². The van der Waals surface area contributed by atoms with Crippen molar-refractivity contribution in [2.24, 2.45) is 5.41 Å². The van der Waals surface area contributed by atoms with Gasteiger partial charge in [0.05, 0.1) is 11.5 Å². The maximum atomic E-state index is 11.0. The summed E-state index contributed by atoms with van der Waals surface area (Å²) in [7, 11) is 0. The van der Waals surface area contributed by atoms with Crippen molar-refractivity contribution in [1.29, 1.82) is 0 Å². The lowest BCUT2D eigenvalue weighted by Gasteiger charge is -2.22. The van der Waals surface area contributed by atoms with Gasteiger partial charge in [-0.2, -0.15) is 12.6 Å². The molecule has 100 valence electrons. The zero-order valence-corrected chi connectivity index (χ0v) is 11.9. The average molecular weight is 269 g/mol. The second kappa shape index (κ2) is 6.09. The van der Waals surface area contributed by atoms with Crippen LogP contribution in [0.2, 0.25) is 0 Å². The normalized spacial score (nSPS) is 11.3. The lowest BCUT2D eigenvalue weighted by atomic mass is 9.98. The Bertz CT molecular complexity index is 432. The molecule has 0 bridgehead atoms. The van der Waals surface area contributed by atoms with Gasteiger partial charge in [-0.3, -0.25) is 10.1 Å². The summed E-state index contributed by atoms with van der Waals surface area (Å²) in [6.45, 7) is 6.38. The zero-order chi connectivity index (χ0) is 13.8. The molecule has 5 heteroatoms. The van der Waals surface area contributed by atoms with Gasteiger partial charge in [0, 0.05) is 11.5 Å². The van der Waals surface area contributed by atoms with E-state index in [9.17, 15) is 10.1 Å². The smallest absolute Gasteiger partial charge is 0.311 e. The monoisotopic (exact) mass is 269 g/mol. The van der Waals surface area contributed by atoms with E-state index in [-0.39, 0.29) is 11.1 Å². The first-order valence-corrected chi connectivity index (χ1v) is 6.54. The first-order valence-electron chi connectivity index (χ1n) is 5.90. The Kier molecular flexibility index (Phi) is 5.02. The van der Waals surface area contributed by atoms with Crippen molar-refractivity contribution in [2.75, 3.05) is 12.4 Å². The SMILES string of the molecule is CCc1ccc(OCC(C)(C)CS)c([N+](=O)[O-])c1. The van der Waals surface area contributed by atoms with E-state index in [0.29, 0.717) is 18.1 Å². The van der Waals surface area contributed by atoms with Gasteiger partial charge in [-0.1, -0.05) is 26.8 Å². The highest BCUT2D eigenvalue weighted by Crippen LogP contribution is 2.30. The number of nitro groups is 1. The summed E-state index contributed by atoms with van der Waals surface area (Å²) in [6.07, 6.45) is 0.767. The minimum atomic E-state index is -0.401. The number of benzene rings is 1. The molecule has 4 nitrogen and oxygen atoms in total. The summed E-state index contributed by atoms with van der Waals surface area (Å²) in [5.41, 5.74) is 0.854. The summed E-state index contributed by atoms with van der Waals surface area (Å²) in [5, 5.41) is 11.0. The maximum Gasteiger partial charge on any atom is 0.311 e. The van der Waals surface area contributed by atoms with Gasteiger partial charge in [0.25, 0.3) is 0 Å². The van der Waals surface area contributed by atoms with Crippen LogP contribution in [0, 0.1) is 15.5 Å². The Labute approximate surface area is 113 Å². The van der Waals surface area contributed by atoms with Crippen LogP contribution in [0.4, 0.5) is 5.69 Å². The van der Waals surface area contributed by atoms with E-state index in [0.717, 1.165) is 12.0 Å². The van der Waals surface area contributed by atoms with Gasteiger partial charge < -0.3 is 4.74 Å². The molecule has 0 saturated heterocycles. The highest BCUT2D eigenvalue weighted by Gasteiger charge is 2.21. The zero-order valence-electron chi connectivity index (χ0n) is 11.0.